The third kappa shape index (κ3) is 4.08. The molecule has 2 saturated heterocycles. The minimum Gasteiger partial charge on any atom is -0.352 e. The van der Waals surface area contributed by atoms with Gasteiger partial charge in [-0.15, -0.1) is 0 Å². The van der Waals surface area contributed by atoms with Crippen LogP contribution in [0.4, 0.5) is 25.1 Å². The van der Waals surface area contributed by atoms with E-state index >= 15 is 0 Å². The summed E-state index contributed by atoms with van der Waals surface area (Å²) < 4.78 is 55.7. The predicted molar refractivity (Wildman–Crippen MR) is 127 cm³/mol. The van der Waals surface area contributed by atoms with E-state index in [2.05, 4.69) is 10.3 Å². The Morgan fingerprint density at radius 2 is 1.86 bits per heavy atom. The number of carbonyl (C=O) groups excluding carboxylic acids is 2. The van der Waals surface area contributed by atoms with E-state index in [1.807, 2.05) is 4.90 Å². The van der Waals surface area contributed by atoms with Gasteiger partial charge >= 0.3 is 6.03 Å². The van der Waals surface area contributed by atoms with Crippen molar-refractivity contribution in [2.75, 3.05) is 42.5 Å². The molecule has 35 heavy (non-hydrogen) atoms. The Bertz CT molecular complexity index is 1270. The van der Waals surface area contributed by atoms with E-state index in [4.69, 9.17) is 11.6 Å². The van der Waals surface area contributed by atoms with Crippen LogP contribution in [0.25, 0.3) is 0 Å². The quantitative estimate of drug-likeness (QED) is 0.640. The molecule has 1 atom stereocenters. The molecule has 2 aromatic rings. The van der Waals surface area contributed by atoms with Crippen LogP contribution in [-0.2, 0) is 14.6 Å². The van der Waals surface area contributed by atoms with Gasteiger partial charge in [-0.2, -0.15) is 0 Å². The van der Waals surface area contributed by atoms with Gasteiger partial charge in [0, 0.05) is 38.4 Å². The normalized spacial score (nSPS) is 21.0. The van der Waals surface area contributed by atoms with Gasteiger partial charge in [-0.05, 0) is 38.1 Å². The fourth-order valence-electron chi connectivity index (χ4n) is 4.37. The first-order valence-electron chi connectivity index (χ1n) is 10.9. The number of aromatic nitrogens is 1. The number of carbonyl (C=O) groups is 2. The number of hydrogen-bond donors (Lipinski definition) is 1. The summed E-state index contributed by atoms with van der Waals surface area (Å²) in [4.78, 5) is 32.4. The number of nitrogens with one attached hydrogen (secondary N) is 1. The number of sulfone groups is 1. The van der Waals surface area contributed by atoms with E-state index in [0.717, 1.165) is 12.1 Å². The standard InChI is InChI=1S/C22H24ClF2N5O4S/c1-14(2)35(33,34)22(13-27-21(32)30(22)18-6-5-15(24)12-17(18)25)20(31)29-10-8-28(9-11-29)19-16(23)4-3-7-26-19/h3-7,12,14H,8-11,13H2,1-2H3,(H,27,32). The topological polar surface area (TPSA) is 103 Å². The van der Waals surface area contributed by atoms with Crippen molar-refractivity contribution in [1.29, 1.82) is 0 Å². The van der Waals surface area contributed by atoms with E-state index in [9.17, 15) is 26.8 Å². The fourth-order valence-corrected chi connectivity index (χ4v) is 6.48. The third-order valence-electron chi connectivity index (χ3n) is 6.23. The lowest BCUT2D eigenvalue weighted by atomic mass is 10.1. The number of rotatable bonds is 5. The van der Waals surface area contributed by atoms with Crippen LogP contribution < -0.4 is 15.1 Å². The summed E-state index contributed by atoms with van der Waals surface area (Å²) in [6.07, 6.45) is 1.59. The predicted octanol–water partition coefficient (Wildman–Crippen LogP) is 2.41. The van der Waals surface area contributed by atoms with E-state index in [1.165, 1.54) is 18.7 Å². The van der Waals surface area contributed by atoms with Gasteiger partial charge < -0.3 is 15.1 Å². The van der Waals surface area contributed by atoms with Crippen molar-refractivity contribution >= 4 is 44.9 Å². The average molecular weight is 528 g/mol. The van der Waals surface area contributed by atoms with E-state index in [-0.39, 0.29) is 13.1 Å². The summed E-state index contributed by atoms with van der Waals surface area (Å²) >= 11 is 6.23. The molecule has 1 aromatic carbocycles. The summed E-state index contributed by atoms with van der Waals surface area (Å²) in [6.45, 7) is 3.05. The van der Waals surface area contributed by atoms with Crippen LogP contribution in [0, 0.1) is 11.6 Å². The minimum atomic E-state index is -4.37. The summed E-state index contributed by atoms with van der Waals surface area (Å²) in [5.41, 5.74) is -0.502. The maximum absolute atomic E-state index is 14.8. The molecule has 0 aliphatic carbocycles. The Morgan fingerprint density at radius 3 is 2.46 bits per heavy atom. The molecular formula is C22H24ClF2N5O4S. The molecule has 2 fully saturated rings. The van der Waals surface area contributed by atoms with Crippen LogP contribution in [-0.4, -0.2) is 73.1 Å². The van der Waals surface area contributed by atoms with Gasteiger partial charge in [-0.1, -0.05) is 11.6 Å². The molecule has 1 unspecified atom stereocenters. The number of piperazine rings is 1. The zero-order chi connectivity index (χ0) is 25.5. The molecule has 2 aliphatic rings. The molecule has 9 nitrogen and oxygen atoms in total. The Balaban J connectivity index is 1.73. The highest BCUT2D eigenvalue weighted by Gasteiger charge is 2.64. The Labute approximate surface area is 206 Å². The van der Waals surface area contributed by atoms with Gasteiger partial charge in [0.2, 0.25) is 4.87 Å². The molecule has 1 N–H and O–H groups in total. The molecule has 2 aliphatic heterocycles. The van der Waals surface area contributed by atoms with E-state index in [0.29, 0.717) is 34.9 Å². The van der Waals surface area contributed by atoms with Crippen molar-refractivity contribution in [1.82, 2.24) is 15.2 Å². The second-order valence-corrected chi connectivity index (χ2v) is 11.7. The van der Waals surface area contributed by atoms with Crippen LogP contribution in [0.2, 0.25) is 5.02 Å². The summed E-state index contributed by atoms with van der Waals surface area (Å²) in [5, 5.41) is 1.75. The smallest absolute Gasteiger partial charge is 0.323 e. The maximum Gasteiger partial charge on any atom is 0.323 e. The maximum atomic E-state index is 14.8. The average Bonchev–Trinajstić information content (AvgIpc) is 3.17. The van der Waals surface area contributed by atoms with Crippen LogP contribution in [0.3, 0.4) is 0 Å². The first-order valence-corrected chi connectivity index (χ1v) is 12.8. The number of amides is 3. The molecule has 0 bridgehead atoms. The summed E-state index contributed by atoms with van der Waals surface area (Å²) in [7, 11) is -4.37. The lowest BCUT2D eigenvalue weighted by molar-refractivity contribution is -0.133. The summed E-state index contributed by atoms with van der Waals surface area (Å²) in [6, 6.07) is 4.81. The highest BCUT2D eigenvalue weighted by molar-refractivity contribution is 7.94. The second-order valence-electron chi connectivity index (χ2n) is 8.56. The van der Waals surface area contributed by atoms with Crippen LogP contribution in [0.5, 0.6) is 0 Å². The molecule has 0 spiro atoms. The van der Waals surface area contributed by atoms with Crippen molar-refractivity contribution in [2.24, 2.45) is 0 Å². The molecule has 0 radical (unpaired) electrons. The largest absolute Gasteiger partial charge is 0.352 e. The number of urea groups is 1. The Kier molecular flexibility index (Phi) is 6.62. The van der Waals surface area contributed by atoms with Gasteiger partial charge in [0.05, 0.1) is 22.5 Å². The Hall–Kier alpha value is -2.99. The monoisotopic (exact) mass is 527 g/mol. The highest BCUT2D eigenvalue weighted by Crippen LogP contribution is 2.38. The van der Waals surface area contributed by atoms with Gasteiger partial charge in [0.15, 0.2) is 9.84 Å². The number of hydrogen-bond acceptors (Lipinski definition) is 6. The van der Waals surface area contributed by atoms with Gasteiger partial charge in [-0.25, -0.2) is 27.0 Å². The van der Waals surface area contributed by atoms with Crippen molar-refractivity contribution < 1.29 is 26.8 Å². The number of anilines is 2. The molecule has 1 aromatic heterocycles. The molecule has 13 heteroatoms. The second kappa shape index (κ2) is 9.23. The zero-order valence-electron chi connectivity index (χ0n) is 19.0. The first kappa shape index (κ1) is 25.1. The van der Waals surface area contributed by atoms with Gasteiger partial charge in [0.1, 0.15) is 17.5 Å². The molecule has 3 amide bonds. The number of pyridine rings is 1. The molecule has 188 valence electrons. The van der Waals surface area contributed by atoms with Gasteiger partial charge in [0.25, 0.3) is 5.91 Å². The van der Waals surface area contributed by atoms with Crippen molar-refractivity contribution in [2.45, 2.75) is 24.0 Å². The fraction of sp³-hybridized carbons (Fsp3) is 0.409. The van der Waals surface area contributed by atoms with Crippen molar-refractivity contribution in [3.8, 4) is 0 Å². The van der Waals surface area contributed by atoms with Gasteiger partial charge in [-0.3, -0.25) is 9.69 Å². The van der Waals surface area contributed by atoms with Crippen molar-refractivity contribution in [3.05, 3.63) is 53.2 Å². The van der Waals surface area contributed by atoms with E-state index < -0.39 is 55.8 Å². The number of halogens is 3. The summed E-state index contributed by atoms with van der Waals surface area (Å²) in [5.74, 6) is -2.38. The minimum absolute atomic E-state index is 0.120. The van der Waals surface area contributed by atoms with E-state index in [1.54, 1.807) is 18.3 Å². The lowest BCUT2D eigenvalue weighted by Gasteiger charge is -2.42. The number of benzene rings is 1. The molecule has 3 heterocycles. The third-order valence-corrected chi connectivity index (χ3v) is 9.20. The molecular weight excluding hydrogens is 504 g/mol. The SMILES string of the molecule is CC(C)S(=O)(=O)C1(C(=O)N2CCN(c3ncccc3Cl)CC2)CNC(=O)N1c1ccc(F)cc1F. The van der Waals surface area contributed by atoms with Crippen LogP contribution in [0.15, 0.2) is 36.5 Å². The lowest BCUT2D eigenvalue weighted by Crippen LogP contribution is -2.67. The zero-order valence-corrected chi connectivity index (χ0v) is 20.6. The molecule has 0 saturated carbocycles. The Morgan fingerprint density at radius 1 is 1.17 bits per heavy atom. The van der Waals surface area contributed by atoms with Crippen molar-refractivity contribution in [3.63, 3.8) is 0 Å². The first-order chi connectivity index (χ1) is 16.5. The molecule has 4 rings (SSSR count). The van der Waals surface area contributed by atoms with Crippen LogP contribution in [0.1, 0.15) is 13.8 Å². The van der Waals surface area contributed by atoms with Crippen LogP contribution >= 0.6 is 11.6 Å². The highest BCUT2D eigenvalue weighted by atomic mass is 35.5. The number of nitrogens with zero attached hydrogens (tertiary/aromatic N) is 4.